The number of ether oxygens (including phenoxy) is 1. The number of carbonyl (C=O) groups is 1. The molecule has 6 nitrogen and oxygen atoms in total. The summed E-state index contributed by atoms with van der Waals surface area (Å²) < 4.78 is 34.3. The molecule has 8 heteroatoms. The lowest BCUT2D eigenvalue weighted by Crippen LogP contribution is -2.42. The molecule has 3 rings (SSSR count). The summed E-state index contributed by atoms with van der Waals surface area (Å²) in [4.78, 5) is 13.2. The van der Waals surface area contributed by atoms with Gasteiger partial charge in [-0.1, -0.05) is 37.3 Å². The van der Waals surface area contributed by atoms with Gasteiger partial charge in [-0.3, -0.25) is 9.10 Å². The van der Waals surface area contributed by atoms with E-state index in [1.165, 1.54) is 12.1 Å². The Morgan fingerprint density at radius 1 is 1.06 bits per heavy atom. The first-order chi connectivity index (χ1) is 15.8. The Morgan fingerprint density at radius 2 is 1.73 bits per heavy atom. The lowest BCUT2D eigenvalue weighted by atomic mass is 10.0. The lowest BCUT2D eigenvalue weighted by Gasteiger charge is -2.26. The number of aryl methyl sites for hydroxylation is 1. The maximum absolute atomic E-state index is 13.4. The molecular weight excluding hydrogens is 551 g/mol. The van der Waals surface area contributed by atoms with Crippen LogP contribution < -0.4 is 14.4 Å². The number of benzene rings is 3. The van der Waals surface area contributed by atoms with Crippen LogP contribution in [0.1, 0.15) is 30.5 Å². The number of amides is 1. The second-order valence-corrected chi connectivity index (χ2v) is 10.7. The maximum atomic E-state index is 13.4. The summed E-state index contributed by atoms with van der Waals surface area (Å²) in [6, 6.07) is 20.7. The van der Waals surface area contributed by atoms with Gasteiger partial charge in [-0.25, -0.2) is 8.42 Å². The van der Waals surface area contributed by atoms with E-state index in [9.17, 15) is 13.2 Å². The molecule has 0 unspecified atom stereocenters. The predicted molar refractivity (Wildman–Crippen MR) is 139 cm³/mol. The molecule has 0 aliphatic heterocycles. The molecule has 0 heterocycles. The van der Waals surface area contributed by atoms with Crippen molar-refractivity contribution in [3.63, 3.8) is 0 Å². The first-order valence-corrected chi connectivity index (χ1v) is 13.1. The van der Waals surface area contributed by atoms with Gasteiger partial charge in [-0.2, -0.15) is 0 Å². The van der Waals surface area contributed by atoms with Gasteiger partial charge < -0.3 is 10.1 Å². The minimum atomic E-state index is -3.93. The Hall–Kier alpha value is -2.59. The predicted octanol–water partition coefficient (Wildman–Crippen LogP) is 5.07. The van der Waals surface area contributed by atoms with Crippen molar-refractivity contribution in [3.8, 4) is 5.75 Å². The summed E-state index contributed by atoms with van der Waals surface area (Å²) >= 11 is 2.16. The Balaban J connectivity index is 1.88. The number of hydrogen-bond donors (Lipinski definition) is 1. The standard InChI is InChI=1S/C25H27IN2O4S/c1-4-23(19-10-15-24(32-3)18(2)16-19)27-25(29)17-28(21-13-11-20(26)12-14-21)33(30,31)22-8-6-5-7-9-22/h5-16,23H,4,17H2,1-3H3,(H,27,29)/t23-/m0/s1. The largest absolute Gasteiger partial charge is 0.496 e. The van der Waals surface area contributed by atoms with Crippen LogP contribution >= 0.6 is 22.6 Å². The third-order valence-corrected chi connectivity index (χ3v) is 7.81. The number of rotatable bonds is 9. The summed E-state index contributed by atoms with van der Waals surface area (Å²) in [6.45, 7) is 3.59. The SMILES string of the molecule is CC[C@H](NC(=O)CN(c1ccc(I)cc1)S(=O)(=O)c1ccccc1)c1ccc(OC)c(C)c1. The van der Waals surface area contributed by atoms with E-state index in [4.69, 9.17) is 4.74 Å². The number of halogens is 1. The number of nitrogens with zero attached hydrogens (tertiary/aromatic N) is 1. The summed E-state index contributed by atoms with van der Waals surface area (Å²) in [5.41, 5.74) is 2.34. The Bertz CT molecular complexity index is 1200. The Kier molecular flexibility index (Phi) is 8.36. The smallest absolute Gasteiger partial charge is 0.264 e. The van der Waals surface area contributed by atoms with Gasteiger partial charge in [-0.05, 0) is 89.5 Å². The fourth-order valence-corrected chi connectivity index (χ4v) is 5.35. The van der Waals surface area contributed by atoms with Crippen LogP contribution in [0, 0.1) is 10.5 Å². The normalized spacial score (nSPS) is 12.1. The quantitative estimate of drug-likeness (QED) is 0.360. The second-order valence-electron chi connectivity index (χ2n) is 7.56. The highest BCUT2D eigenvalue weighted by Gasteiger charge is 2.28. The summed E-state index contributed by atoms with van der Waals surface area (Å²) in [6.07, 6.45) is 0.659. The molecular formula is C25H27IN2O4S. The molecule has 1 atom stereocenters. The molecule has 3 aromatic rings. The van der Waals surface area contributed by atoms with Crippen LogP contribution in [0.4, 0.5) is 5.69 Å². The zero-order chi connectivity index (χ0) is 24.0. The van der Waals surface area contributed by atoms with E-state index < -0.39 is 10.0 Å². The van der Waals surface area contributed by atoms with Crippen molar-refractivity contribution < 1.29 is 17.9 Å². The highest BCUT2D eigenvalue weighted by molar-refractivity contribution is 14.1. The monoisotopic (exact) mass is 578 g/mol. The lowest BCUT2D eigenvalue weighted by molar-refractivity contribution is -0.120. The first-order valence-electron chi connectivity index (χ1n) is 10.5. The number of methoxy groups -OCH3 is 1. The minimum Gasteiger partial charge on any atom is -0.496 e. The molecule has 0 radical (unpaired) electrons. The average molecular weight is 578 g/mol. The van der Waals surface area contributed by atoms with E-state index in [-0.39, 0.29) is 23.4 Å². The number of hydrogen-bond acceptors (Lipinski definition) is 4. The molecule has 0 aromatic heterocycles. The zero-order valence-electron chi connectivity index (χ0n) is 18.8. The molecule has 1 amide bonds. The molecule has 33 heavy (non-hydrogen) atoms. The van der Waals surface area contributed by atoms with Gasteiger partial charge in [0.05, 0.1) is 23.7 Å². The van der Waals surface area contributed by atoms with Gasteiger partial charge in [0.15, 0.2) is 0 Å². The fourth-order valence-electron chi connectivity index (χ4n) is 3.55. The van der Waals surface area contributed by atoms with Crippen molar-refractivity contribution in [2.24, 2.45) is 0 Å². The highest BCUT2D eigenvalue weighted by atomic mass is 127. The van der Waals surface area contributed by atoms with Gasteiger partial charge >= 0.3 is 0 Å². The van der Waals surface area contributed by atoms with Crippen LogP contribution in [0.25, 0.3) is 0 Å². The second kappa shape index (κ2) is 11.0. The zero-order valence-corrected chi connectivity index (χ0v) is 21.8. The van der Waals surface area contributed by atoms with Gasteiger partial charge in [-0.15, -0.1) is 0 Å². The van der Waals surface area contributed by atoms with Gasteiger partial charge in [0.1, 0.15) is 12.3 Å². The van der Waals surface area contributed by atoms with Crippen LogP contribution in [-0.4, -0.2) is 28.0 Å². The van der Waals surface area contributed by atoms with Gasteiger partial charge in [0.25, 0.3) is 10.0 Å². The number of anilines is 1. The van der Waals surface area contributed by atoms with E-state index in [0.29, 0.717) is 12.1 Å². The third-order valence-electron chi connectivity index (χ3n) is 5.30. The molecule has 0 spiro atoms. The number of carbonyl (C=O) groups excluding carboxylic acids is 1. The van der Waals surface area contributed by atoms with E-state index in [1.807, 2.05) is 44.2 Å². The number of nitrogens with one attached hydrogen (secondary N) is 1. The topological polar surface area (TPSA) is 75.7 Å². The van der Waals surface area contributed by atoms with Crippen molar-refractivity contribution in [1.29, 1.82) is 0 Å². The van der Waals surface area contributed by atoms with Crippen LogP contribution in [-0.2, 0) is 14.8 Å². The molecule has 0 saturated carbocycles. The molecule has 0 saturated heterocycles. The molecule has 0 fully saturated rings. The van der Waals surface area contributed by atoms with Gasteiger partial charge in [0, 0.05) is 3.57 Å². The van der Waals surface area contributed by atoms with Crippen molar-refractivity contribution in [2.75, 3.05) is 18.0 Å². The summed E-state index contributed by atoms with van der Waals surface area (Å²) in [5, 5.41) is 3.00. The molecule has 3 aromatic carbocycles. The summed E-state index contributed by atoms with van der Waals surface area (Å²) in [7, 11) is -2.31. The Morgan fingerprint density at radius 3 is 2.30 bits per heavy atom. The highest BCUT2D eigenvalue weighted by Crippen LogP contribution is 2.26. The molecule has 0 aliphatic carbocycles. The van der Waals surface area contributed by atoms with Crippen molar-refractivity contribution in [3.05, 3.63) is 87.5 Å². The molecule has 174 valence electrons. The average Bonchev–Trinajstić information content (AvgIpc) is 2.82. The fraction of sp³-hybridized carbons (Fsp3) is 0.240. The van der Waals surface area contributed by atoms with Gasteiger partial charge in [0.2, 0.25) is 5.91 Å². The third kappa shape index (κ3) is 6.05. The van der Waals surface area contributed by atoms with Crippen LogP contribution in [0.3, 0.4) is 0 Å². The van der Waals surface area contributed by atoms with Crippen molar-refractivity contribution >= 4 is 44.2 Å². The van der Waals surface area contributed by atoms with Crippen molar-refractivity contribution in [2.45, 2.75) is 31.2 Å². The Labute approximate surface area is 209 Å². The molecule has 1 N–H and O–H groups in total. The van der Waals surface area contributed by atoms with E-state index in [2.05, 4.69) is 27.9 Å². The van der Waals surface area contributed by atoms with E-state index in [1.54, 1.807) is 37.4 Å². The maximum Gasteiger partial charge on any atom is 0.264 e. The minimum absolute atomic E-state index is 0.133. The molecule has 0 bridgehead atoms. The molecule has 0 aliphatic rings. The first kappa shape index (κ1) is 25.0. The van der Waals surface area contributed by atoms with Crippen LogP contribution in [0.5, 0.6) is 5.75 Å². The summed E-state index contributed by atoms with van der Waals surface area (Å²) in [5.74, 6) is 0.396. The number of sulfonamides is 1. The van der Waals surface area contributed by atoms with E-state index >= 15 is 0 Å². The van der Waals surface area contributed by atoms with Crippen molar-refractivity contribution in [1.82, 2.24) is 5.32 Å². The van der Waals surface area contributed by atoms with Crippen LogP contribution in [0.2, 0.25) is 0 Å². The van der Waals surface area contributed by atoms with E-state index in [0.717, 1.165) is 24.8 Å². The van der Waals surface area contributed by atoms with Crippen LogP contribution in [0.15, 0.2) is 77.7 Å².